The van der Waals surface area contributed by atoms with Gasteiger partial charge in [-0.25, -0.2) is 0 Å². The van der Waals surface area contributed by atoms with Gasteiger partial charge in [0.05, 0.1) is 35.6 Å². The Balaban J connectivity index is 1.11. The highest BCUT2D eigenvalue weighted by Crippen LogP contribution is 2.49. The lowest BCUT2D eigenvalue weighted by Crippen LogP contribution is -2.29. The first-order valence-corrected chi connectivity index (χ1v) is 26.8. The van der Waals surface area contributed by atoms with Crippen molar-refractivity contribution in [3.05, 3.63) is 251 Å². The number of benzene rings is 8. The summed E-state index contributed by atoms with van der Waals surface area (Å²) >= 11 is 12.4. The van der Waals surface area contributed by atoms with E-state index in [1.54, 1.807) is 33.3 Å². The SMILES string of the molecule is CSc1ccc(N(c2ccc(CS)cc2)c2ccc(C3=C4C(=O)N(Cc5ccccc5)C(c5ccc(N(c6ccc(CS)cc6)c6ccc(SC)cc6)cc5)=C4C(=O)N3Cc3ccccc3)cc2)cc1. The minimum absolute atomic E-state index is 0.208. The van der Waals surface area contributed by atoms with Crippen LogP contribution < -0.4 is 9.80 Å². The van der Waals surface area contributed by atoms with E-state index >= 15 is 9.59 Å². The Morgan fingerprint density at radius 3 is 0.943 bits per heavy atom. The van der Waals surface area contributed by atoms with Gasteiger partial charge in [-0.2, -0.15) is 25.3 Å². The number of carbonyl (C=O) groups excluding carboxylic acids is 2. The van der Waals surface area contributed by atoms with Crippen molar-refractivity contribution in [3.63, 3.8) is 0 Å². The highest BCUT2D eigenvalue weighted by atomic mass is 32.2. The minimum atomic E-state index is -0.208. The summed E-state index contributed by atoms with van der Waals surface area (Å²) in [6, 6.07) is 70.5. The largest absolute Gasteiger partial charge is 0.311 e. The van der Waals surface area contributed by atoms with Crippen LogP contribution in [-0.2, 0) is 34.2 Å². The molecule has 6 nitrogen and oxygen atoms in total. The third-order valence-corrected chi connectivity index (χ3v) is 15.0. The Hall–Kier alpha value is -6.82. The summed E-state index contributed by atoms with van der Waals surface area (Å²) in [7, 11) is 0. The molecule has 8 aromatic rings. The molecule has 70 heavy (non-hydrogen) atoms. The number of carbonyl (C=O) groups is 2. The second-order valence-electron chi connectivity index (χ2n) is 17.0. The van der Waals surface area contributed by atoms with E-state index in [9.17, 15) is 0 Å². The zero-order valence-electron chi connectivity index (χ0n) is 38.8. The molecule has 346 valence electrons. The van der Waals surface area contributed by atoms with Crippen LogP contribution >= 0.6 is 48.8 Å². The number of rotatable bonds is 16. The number of thiol groups is 2. The summed E-state index contributed by atoms with van der Waals surface area (Å²) in [6.45, 7) is 0.591. The maximum Gasteiger partial charge on any atom is 0.261 e. The normalized spacial score (nSPS) is 13.4. The van der Waals surface area contributed by atoms with Gasteiger partial charge in [-0.05, 0) is 143 Å². The van der Waals surface area contributed by atoms with Crippen LogP contribution in [0, 0.1) is 0 Å². The fourth-order valence-electron chi connectivity index (χ4n) is 9.22. The van der Waals surface area contributed by atoms with Gasteiger partial charge in [0.25, 0.3) is 11.8 Å². The number of anilines is 6. The predicted molar refractivity (Wildman–Crippen MR) is 299 cm³/mol. The van der Waals surface area contributed by atoms with Gasteiger partial charge >= 0.3 is 0 Å². The molecular weight excluding hydrogens is 937 g/mol. The van der Waals surface area contributed by atoms with Crippen LogP contribution in [0.4, 0.5) is 34.1 Å². The van der Waals surface area contributed by atoms with Gasteiger partial charge in [-0.3, -0.25) is 9.59 Å². The number of fused-ring (bicyclic) bond motifs is 1. The topological polar surface area (TPSA) is 47.1 Å². The Kier molecular flexibility index (Phi) is 14.1. The van der Waals surface area contributed by atoms with Crippen molar-refractivity contribution in [1.82, 2.24) is 9.80 Å². The van der Waals surface area contributed by atoms with E-state index in [-0.39, 0.29) is 11.8 Å². The van der Waals surface area contributed by atoms with Crippen molar-refractivity contribution in [1.29, 1.82) is 0 Å². The first-order valence-electron chi connectivity index (χ1n) is 23.0. The molecule has 0 bridgehead atoms. The Bertz CT molecular complexity index is 2880. The van der Waals surface area contributed by atoms with Crippen LogP contribution in [0.3, 0.4) is 0 Å². The molecule has 0 aromatic heterocycles. The van der Waals surface area contributed by atoms with Gasteiger partial charge in [0.1, 0.15) is 0 Å². The number of thioether (sulfide) groups is 2. The molecule has 0 saturated heterocycles. The van der Waals surface area contributed by atoms with E-state index in [0.29, 0.717) is 47.1 Å². The summed E-state index contributed by atoms with van der Waals surface area (Å²) in [6.07, 6.45) is 4.16. The first-order chi connectivity index (χ1) is 34.3. The third-order valence-electron chi connectivity index (χ3n) is 12.8. The summed E-state index contributed by atoms with van der Waals surface area (Å²) in [5.74, 6) is 0.882. The summed E-state index contributed by atoms with van der Waals surface area (Å²) in [5.41, 5.74) is 13.7. The van der Waals surface area contributed by atoms with Crippen LogP contribution in [0.5, 0.6) is 0 Å². The minimum Gasteiger partial charge on any atom is -0.311 e. The van der Waals surface area contributed by atoms with Crippen LogP contribution in [0.2, 0.25) is 0 Å². The molecule has 0 atom stereocenters. The van der Waals surface area contributed by atoms with Crippen molar-refractivity contribution in [3.8, 4) is 0 Å². The molecule has 2 aliphatic rings. The van der Waals surface area contributed by atoms with Crippen molar-refractivity contribution in [2.24, 2.45) is 0 Å². The maximum absolute atomic E-state index is 15.4. The van der Waals surface area contributed by atoms with Crippen LogP contribution in [0.1, 0.15) is 33.4 Å². The van der Waals surface area contributed by atoms with Crippen LogP contribution in [-0.4, -0.2) is 34.1 Å². The average Bonchev–Trinajstić information content (AvgIpc) is 3.86. The molecular formula is C60H50N4O2S4. The predicted octanol–water partition coefficient (Wildman–Crippen LogP) is 15.1. The molecule has 0 fully saturated rings. The second-order valence-corrected chi connectivity index (χ2v) is 19.4. The van der Waals surface area contributed by atoms with Crippen LogP contribution in [0.25, 0.3) is 11.4 Å². The second kappa shape index (κ2) is 21.0. The first kappa shape index (κ1) is 46.9. The van der Waals surface area contributed by atoms with Crippen LogP contribution in [0.15, 0.2) is 227 Å². The van der Waals surface area contributed by atoms with Crippen molar-refractivity contribution < 1.29 is 9.59 Å². The highest BCUT2D eigenvalue weighted by molar-refractivity contribution is 7.98. The Labute approximate surface area is 430 Å². The molecule has 8 aromatic carbocycles. The fourth-order valence-corrected chi connectivity index (χ4v) is 10.5. The summed E-state index contributed by atoms with van der Waals surface area (Å²) in [4.78, 5) is 41.2. The zero-order valence-corrected chi connectivity index (χ0v) is 42.2. The smallest absolute Gasteiger partial charge is 0.261 e. The molecule has 2 aliphatic heterocycles. The van der Waals surface area contributed by atoms with E-state index in [1.165, 1.54) is 9.79 Å². The Morgan fingerprint density at radius 2 is 0.657 bits per heavy atom. The lowest BCUT2D eigenvalue weighted by Gasteiger charge is -2.28. The van der Waals surface area contributed by atoms with Gasteiger partial charge in [0.15, 0.2) is 0 Å². The van der Waals surface area contributed by atoms with E-state index < -0.39 is 0 Å². The quantitative estimate of drug-likeness (QED) is 0.0743. The third kappa shape index (κ3) is 9.44. The molecule has 0 aliphatic carbocycles. The highest BCUT2D eigenvalue weighted by Gasteiger charge is 2.49. The number of hydrogen-bond acceptors (Lipinski definition) is 8. The molecule has 2 amide bonds. The number of amides is 2. The molecule has 0 saturated carbocycles. The summed E-state index contributed by atoms with van der Waals surface area (Å²) in [5, 5.41) is 0. The molecule has 10 heteroatoms. The van der Waals surface area contributed by atoms with E-state index in [4.69, 9.17) is 0 Å². The van der Waals surface area contributed by atoms with E-state index in [2.05, 4.69) is 169 Å². The number of hydrogen-bond donors (Lipinski definition) is 2. The van der Waals surface area contributed by atoms with E-state index in [1.807, 2.05) is 84.9 Å². The van der Waals surface area contributed by atoms with Gasteiger partial charge in [-0.1, -0.05) is 109 Å². The lowest BCUT2D eigenvalue weighted by molar-refractivity contribution is -0.124. The van der Waals surface area contributed by atoms with Crippen molar-refractivity contribution >= 4 is 106 Å². The van der Waals surface area contributed by atoms with Gasteiger partial charge in [0.2, 0.25) is 0 Å². The Morgan fingerprint density at radius 1 is 0.371 bits per heavy atom. The molecule has 0 N–H and O–H groups in total. The molecule has 0 spiro atoms. The van der Waals surface area contributed by atoms with Crippen molar-refractivity contribution in [2.75, 3.05) is 22.3 Å². The molecule has 2 heterocycles. The standard InChI is InChI=1S/C60H50N4O2S4/c1-69-53-33-29-51(30-34-53)63(47-21-13-43(39-67)14-22-47)49-25-17-45(18-26-49)57-55-56(60(66)61(57)37-41-9-5-3-6-10-41)58(62(59(55)65)38-42-11-7-4-8-12-42)46-19-27-50(28-20-46)64(48-23-15-44(40-68)16-24-48)52-31-35-54(70-2)36-32-52/h3-36,67-68H,37-40H2,1-2H3. The lowest BCUT2D eigenvalue weighted by atomic mass is 10.0. The van der Waals surface area contributed by atoms with Gasteiger partial charge in [-0.15, -0.1) is 23.5 Å². The van der Waals surface area contributed by atoms with Gasteiger partial charge < -0.3 is 19.6 Å². The maximum atomic E-state index is 15.4. The fraction of sp³-hybridized carbons (Fsp3) is 0.100. The van der Waals surface area contributed by atoms with E-state index in [0.717, 1.165) is 67.5 Å². The average molecular weight is 987 g/mol. The monoisotopic (exact) mass is 986 g/mol. The van der Waals surface area contributed by atoms with Gasteiger partial charge in [0, 0.05) is 55.4 Å². The van der Waals surface area contributed by atoms with Crippen molar-refractivity contribution in [2.45, 2.75) is 34.4 Å². The molecule has 0 unspecified atom stereocenters. The summed E-state index contributed by atoms with van der Waals surface area (Å²) < 4.78 is 0. The number of nitrogens with zero attached hydrogens (tertiary/aromatic N) is 4. The molecule has 10 rings (SSSR count). The zero-order chi connectivity index (χ0) is 48.1. The molecule has 0 radical (unpaired) electrons.